The summed E-state index contributed by atoms with van der Waals surface area (Å²) in [6.45, 7) is 3.13. The second-order valence-corrected chi connectivity index (χ2v) is 6.24. The molecule has 0 aromatic heterocycles. The van der Waals surface area contributed by atoms with E-state index in [9.17, 15) is 9.59 Å². The van der Waals surface area contributed by atoms with Gasteiger partial charge in [-0.25, -0.2) is 0 Å². The average Bonchev–Trinajstić information content (AvgIpc) is 2.55. The Labute approximate surface area is 151 Å². The van der Waals surface area contributed by atoms with E-state index in [4.69, 9.17) is 23.2 Å². The van der Waals surface area contributed by atoms with Crippen molar-refractivity contribution in [3.8, 4) is 0 Å². The summed E-state index contributed by atoms with van der Waals surface area (Å²) < 4.78 is 0. The molecule has 0 heterocycles. The van der Waals surface area contributed by atoms with Gasteiger partial charge >= 0.3 is 0 Å². The molecule has 24 heavy (non-hydrogen) atoms. The minimum Gasteiger partial charge on any atom is -0.348 e. The van der Waals surface area contributed by atoms with Crippen molar-refractivity contribution in [2.45, 2.75) is 19.9 Å². The van der Waals surface area contributed by atoms with Crippen molar-refractivity contribution >= 4 is 40.7 Å². The summed E-state index contributed by atoms with van der Waals surface area (Å²) in [5.41, 5.74) is 1.40. The van der Waals surface area contributed by atoms with Crippen molar-refractivity contribution in [3.05, 3.63) is 64.1 Å². The van der Waals surface area contributed by atoms with Crippen LogP contribution < -0.4 is 10.2 Å². The number of carbonyl (C=O) groups excluding carboxylic acids is 2. The summed E-state index contributed by atoms with van der Waals surface area (Å²) in [5, 5.41) is 3.68. The SMILES string of the molecule is CC(=O)N(CC(=O)NC(C)c1ccccc1)c1cc(Cl)ccc1Cl. The van der Waals surface area contributed by atoms with Gasteiger partial charge in [0.05, 0.1) is 16.8 Å². The van der Waals surface area contributed by atoms with Gasteiger partial charge < -0.3 is 10.2 Å². The lowest BCUT2D eigenvalue weighted by Crippen LogP contribution is -2.40. The Morgan fingerprint density at radius 1 is 1.12 bits per heavy atom. The molecule has 0 aliphatic rings. The van der Waals surface area contributed by atoms with E-state index in [0.717, 1.165) is 5.56 Å². The number of nitrogens with zero attached hydrogens (tertiary/aromatic N) is 1. The lowest BCUT2D eigenvalue weighted by molar-refractivity contribution is -0.123. The van der Waals surface area contributed by atoms with Crippen molar-refractivity contribution < 1.29 is 9.59 Å². The fraction of sp³-hybridized carbons (Fsp3) is 0.222. The Morgan fingerprint density at radius 3 is 2.42 bits per heavy atom. The van der Waals surface area contributed by atoms with E-state index in [1.165, 1.54) is 11.8 Å². The summed E-state index contributed by atoms with van der Waals surface area (Å²) in [6.07, 6.45) is 0. The molecule has 2 aromatic carbocycles. The fourth-order valence-electron chi connectivity index (χ4n) is 2.31. The first kappa shape index (κ1) is 18.3. The van der Waals surface area contributed by atoms with Crippen LogP contribution in [0.2, 0.25) is 10.0 Å². The van der Waals surface area contributed by atoms with Gasteiger partial charge in [-0.3, -0.25) is 9.59 Å². The largest absolute Gasteiger partial charge is 0.348 e. The number of rotatable bonds is 5. The molecule has 2 rings (SSSR count). The quantitative estimate of drug-likeness (QED) is 0.862. The van der Waals surface area contributed by atoms with Gasteiger partial charge in [-0.1, -0.05) is 53.5 Å². The molecule has 6 heteroatoms. The van der Waals surface area contributed by atoms with E-state index < -0.39 is 0 Å². The number of hydrogen-bond acceptors (Lipinski definition) is 2. The van der Waals surface area contributed by atoms with Gasteiger partial charge in [0.1, 0.15) is 6.54 Å². The predicted octanol–water partition coefficient (Wildman–Crippen LogP) is 4.22. The second-order valence-electron chi connectivity index (χ2n) is 5.40. The zero-order valence-corrected chi connectivity index (χ0v) is 14.9. The standard InChI is InChI=1S/C18H18Cl2N2O2/c1-12(14-6-4-3-5-7-14)21-18(24)11-22(13(2)23)17-10-15(19)8-9-16(17)20/h3-10,12H,11H2,1-2H3,(H,21,24). The molecule has 2 aromatic rings. The molecule has 0 radical (unpaired) electrons. The number of nitrogens with one attached hydrogen (secondary N) is 1. The Morgan fingerprint density at radius 2 is 1.79 bits per heavy atom. The van der Waals surface area contributed by atoms with E-state index in [0.29, 0.717) is 15.7 Å². The van der Waals surface area contributed by atoms with Crippen molar-refractivity contribution in [1.82, 2.24) is 5.32 Å². The number of benzene rings is 2. The maximum absolute atomic E-state index is 12.3. The average molecular weight is 365 g/mol. The molecule has 126 valence electrons. The van der Waals surface area contributed by atoms with Crippen LogP contribution in [0.15, 0.2) is 48.5 Å². The summed E-state index contributed by atoms with van der Waals surface area (Å²) >= 11 is 12.1. The summed E-state index contributed by atoms with van der Waals surface area (Å²) in [7, 11) is 0. The van der Waals surface area contributed by atoms with Gasteiger partial charge in [0.2, 0.25) is 11.8 Å². The molecular formula is C18H18Cl2N2O2. The molecule has 1 unspecified atom stereocenters. The Balaban J connectivity index is 2.12. The lowest BCUT2D eigenvalue weighted by Gasteiger charge is -2.23. The van der Waals surface area contributed by atoms with Crippen LogP contribution in [-0.2, 0) is 9.59 Å². The molecule has 0 saturated carbocycles. The highest BCUT2D eigenvalue weighted by Gasteiger charge is 2.20. The minimum atomic E-state index is -0.290. The Kier molecular flexibility index (Phi) is 6.23. The molecule has 0 aliphatic carbocycles. The molecule has 2 amide bonds. The van der Waals surface area contributed by atoms with E-state index in [-0.39, 0.29) is 24.4 Å². The first-order valence-electron chi connectivity index (χ1n) is 7.46. The van der Waals surface area contributed by atoms with E-state index in [1.807, 2.05) is 37.3 Å². The fourth-order valence-corrected chi connectivity index (χ4v) is 2.70. The molecule has 0 spiro atoms. The first-order chi connectivity index (χ1) is 11.4. The Bertz CT molecular complexity index is 735. The number of halogens is 2. The summed E-state index contributed by atoms with van der Waals surface area (Å²) in [4.78, 5) is 25.6. The van der Waals surface area contributed by atoms with Gasteiger partial charge in [-0.15, -0.1) is 0 Å². The first-order valence-corrected chi connectivity index (χ1v) is 8.21. The highest BCUT2D eigenvalue weighted by molar-refractivity contribution is 6.35. The molecule has 0 saturated heterocycles. The lowest BCUT2D eigenvalue weighted by atomic mass is 10.1. The molecule has 4 nitrogen and oxygen atoms in total. The third-order valence-corrected chi connectivity index (χ3v) is 4.11. The van der Waals surface area contributed by atoms with Crippen LogP contribution >= 0.6 is 23.2 Å². The van der Waals surface area contributed by atoms with E-state index in [2.05, 4.69) is 5.32 Å². The third-order valence-electron chi connectivity index (χ3n) is 3.56. The van der Waals surface area contributed by atoms with Gasteiger partial charge in [0.15, 0.2) is 0 Å². The van der Waals surface area contributed by atoms with E-state index in [1.54, 1.807) is 18.2 Å². The molecule has 0 fully saturated rings. The summed E-state index contributed by atoms with van der Waals surface area (Å²) in [5.74, 6) is -0.570. The highest BCUT2D eigenvalue weighted by Crippen LogP contribution is 2.29. The van der Waals surface area contributed by atoms with Crippen LogP contribution in [0.3, 0.4) is 0 Å². The van der Waals surface area contributed by atoms with Crippen LogP contribution in [0.25, 0.3) is 0 Å². The molecule has 1 N–H and O–H groups in total. The second kappa shape index (κ2) is 8.18. The Hall–Kier alpha value is -2.04. The number of carbonyl (C=O) groups is 2. The normalized spacial score (nSPS) is 11.7. The summed E-state index contributed by atoms with van der Waals surface area (Å²) in [6, 6.07) is 14.2. The number of anilines is 1. The zero-order chi connectivity index (χ0) is 17.7. The monoisotopic (exact) mass is 364 g/mol. The van der Waals surface area contributed by atoms with Crippen molar-refractivity contribution in [2.75, 3.05) is 11.4 Å². The zero-order valence-electron chi connectivity index (χ0n) is 13.4. The number of hydrogen-bond donors (Lipinski definition) is 1. The molecule has 1 atom stereocenters. The van der Waals surface area contributed by atoms with Crippen molar-refractivity contribution in [3.63, 3.8) is 0 Å². The van der Waals surface area contributed by atoms with Crippen molar-refractivity contribution in [2.24, 2.45) is 0 Å². The van der Waals surface area contributed by atoms with Crippen LogP contribution in [0.5, 0.6) is 0 Å². The molecule has 0 bridgehead atoms. The molecule has 0 aliphatic heterocycles. The van der Waals surface area contributed by atoms with Gasteiger partial charge in [-0.2, -0.15) is 0 Å². The van der Waals surface area contributed by atoms with Crippen LogP contribution in [0, 0.1) is 0 Å². The van der Waals surface area contributed by atoms with Gasteiger partial charge in [-0.05, 0) is 30.7 Å². The topological polar surface area (TPSA) is 49.4 Å². The van der Waals surface area contributed by atoms with Crippen LogP contribution in [0.1, 0.15) is 25.5 Å². The van der Waals surface area contributed by atoms with Crippen LogP contribution in [0.4, 0.5) is 5.69 Å². The predicted molar refractivity (Wildman–Crippen MR) is 97.5 cm³/mol. The van der Waals surface area contributed by atoms with Gasteiger partial charge in [0.25, 0.3) is 0 Å². The maximum Gasteiger partial charge on any atom is 0.240 e. The smallest absolute Gasteiger partial charge is 0.240 e. The van der Waals surface area contributed by atoms with Crippen LogP contribution in [-0.4, -0.2) is 18.4 Å². The van der Waals surface area contributed by atoms with Crippen molar-refractivity contribution in [1.29, 1.82) is 0 Å². The minimum absolute atomic E-state index is 0.132. The highest BCUT2D eigenvalue weighted by atomic mass is 35.5. The number of amides is 2. The maximum atomic E-state index is 12.3. The third kappa shape index (κ3) is 4.73. The van der Waals surface area contributed by atoms with Gasteiger partial charge in [0, 0.05) is 11.9 Å². The van der Waals surface area contributed by atoms with E-state index >= 15 is 0 Å². The molecular weight excluding hydrogens is 347 g/mol.